The molecule has 0 spiro atoms. The van der Waals surface area contributed by atoms with Gasteiger partial charge in [-0.3, -0.25) is 9.98 Å². The first-order valence-electron chi connectivity index (χ1n) is 37.5. The molecule has 14 nitrogen and oxygen atoms in total. The van der Waals surface area contributed by atoms with E-state index in [2.05, 4.69) is 47.4 Å². The minimum atomic E-state index is -0.512. The fourth-order valence-electron chi connectivity index (χ4n) is 12.7. The van der Waals surface area contributed by atoms with E-state index in [4.69, 9.17) is 28.4 Å². The fourth-order valence-corrected chi connectivity index (χ4v) is 12.7. The van der Waals surface area contributed by atoms with Gasteiger partial charge in [0.2, 0.25) is 0 Å². The van der Waals surface area contributed by atoms with Crippen molar-refractivity contribution in [2.75, 3.05) is 26.4 Å². The van der Waals surface area contributed by atoms with E-state index in [1.165, 1.54) is 177 Å². The Morgan fingerprint density at radius 3 is 0.942 bits per heavy atom. The van der Waals surface area contributed by atoms with Gasteiger partial charge < -0.3 is 38.6 Å². The first-order chi connectivity index (χ1) is 49.0. The van der Waals surface area contributed by atoms with Crippen molar-refractivity contribution in [2.24, 2.45) is 9.98 Å². The summed E-state index contributed by atoms with van der Waals surface area (Å²) in [5.74, 6) is 1.49. The molecule has 0 aromatic heterocycles. The average molecular weight is 1540 g/mol. The van der Waals surface area contributed by atoms with Crippen molar-refractivity contribution >= 4 is 47.7 Å². The van der Waals surface area contributed by atoms with Gasteiger partial charge in [-0.1, -0.05) is 204 Å². The molecule has 6 aromatic carbocycles. The average Bonchev–Trinajstić information content (AvgIpc) is 1.28. The molecule has 0 amide bonds. The number of hydrogen-bond acceptors (Lipinski definition) is 14. The molecule has 10 rings (SSSR count). The van der Waals surface area contributed by atoms with Crippen LogP contribution in [0.2, 0.25) is 0 Å². The van der Waals surface area contributed by atoms with Crippen LogP contribution < -0.4 is 18.9 Å². The van der Waals surface area contributed by atoms with Crippen molar-refractivity contribution in [3.05, 3.63) is 192 Å². The molecule has 0 unspecified atom stereocenters. The Bertz CT molecular complexity index is 3170. The van der Waals surface area contributed by atoms with E-state index in [0.717, 1.165) is 88.4 Å². The molecule has 1 radical (unpaired) electrons. The van der Waals surface area contributed by atoms with Gasteiger partial charge in [0.05, 0.1) is 48.9 Å². The first-order valence-corrected chi connectivity index (χ1v) is 37.5. The van der Waals surface area contributed by atoms with Crippen molar-refractivity contribution in [1.29, 1.82) is 0 Å². The number of aromatic hydroxyl groups is 2. The summed E-state index contributed by atoms with van der Waals surface area (Å²) >= 11 is 0. The standard InChI is InChI=1S/2C38H45NO6.2C5H10.Cu.2Fe/c2*1-2-37(41)44-26-12-8-6-4-3-5-7-11-25-43-34-22-17-31(18-23-34)38(42)45-35-24-19-32(36(40)27-35)28-39-33-20-15-30(16-21-33)29-13-9-10-14-29;2*1-2-4-5-3-1;;;/h2*2,15-24,27-29,40H,1,3-14,25-26H2;2*1-5H2;;;. The summed E-state index contributed by atoms with van der Waals surface area (Å²) in [6.07, 6.45) is 48.3. The topological polar surface area (TPSA) is 189 Å². The third kappa shape index (κ3) is 35.9. The number of benzene rings is 6. The van der Waals surface area contributed by atoms with Gasteiger partial charge in [-0.15, -0.1) is 0 Å². The second kappa shape index (κ2) is 53.5. The second-order valence-corrected chi connectivity index (χ2v) is 26.6. The van der Waals surface area contributed by atoms with E-state index in [-0.39, 0.29) is 86.1 Å². The number of rotatable bonds is 36. The molecule has 0 atom stereocenters. The molecule has 4 saturated carbocycles. The molecule has 0 bridgehead atoms. The summed E-state index contributed by atoms with van der Waals surface area (Å²) in [4.78, 5) is 56.3. The summed E-state index contributed by atoms with van der Waals surface area (Å²) < 4.78 is 32.6. The van der Waals surface area contributed by atoms with Crippen LogP contribution in [0, 0.1) is 0 Å². The number of unbranched alkanes of at least 4 members (excludes halogenated alkanes) is 14. The van der Waals surface area contributed by atoms with E-state index in [1.807, 2.05) is 24.3 Å². The zero-order valence-electron chi connectivity index (χ0n) is 60.3. The van der Waals surface area contributed by atoms with Crippen LogP contribution in [-0.4, -0.2) is 72.9 Å². The van der Waals surface area contributed by atoms with Crippen molar-refractivity contribution in [1.82, 2.24) is 0 Å². The zero-order valence-corrected chi connectivity index (χ0v) is 63.5. The minimum Gasteiger partial charge on any atom is -0.507 e. The Kier molecular flexibility index (Phi) is 45.8. The minimum absolute atomic E-state index is 0. The molecular weight excluding hydrogens is 1430 g/mol. The van der Waals surface area contributed by atoms with Gasteiger partial charge in [0.25, 0.3) is 0 Å². The van der Waals surface area contributed by atoms with Gasteiger partial charge in [0, 0.05) is 99.0 Å². The van der Waals surface area contributed by atoms with E-state index in [1.54, 1.807) is 85.2 Å². The van der Waals surface area contributed by atoms with Crippen LogP contribution in [0.4, 0.5) is 11.4 Å². The number of nitrogens with zero attached hydrogens (tertiary/aromatic N) is 2. The predicted molar refractivity (Wildman–Crippen MR) is 402 cm³/mol. The number of hydrogen-bond donors (Lipinski definition) is 2. The number of esters is 4. The SMILES string of the molecule is C1CCCC1.C1CCCC1.C=CC(=O)OCCCCCCCCCCOc1ccc(C(=O)Oc2ccc(C=Nc3ccc(C4CCCC4)cc3)c(O)c2)cc1.C=CC(=O)OCCCCCCCCCCOc1ccc(C(=O)Oc2ccc(C=Nc3ccc(C4CCCC4)cc3)c(O)c2)cc1.[Cu].[Fe].[Fe]. The van der Waals surface area contributed by atoms with Crippen LogP contribution in [0.25, 0.3) is 0 Å². The van der Waals surface area contributed by atoms with Gasteiger partial charge in [0.15, 0.2) is 0 Å². The van der Waals surface area contributed by atoms with E-state index in [0.29, 0.717) is 72.0 Å². The van der Waals surface area contributed by atoms with Crippen LogP contribution in [0.15, 0.2) is 169 Å². The van der Waals surface area contributed by atoms with Gasteiger partial charge in [-0.25, -0.2) is 19.2 Å². The number of ether oxygens (including phenoxy) is 6. The van der Waals surface area contributed by atoms with Gasteiger partial charge >= 0.3 is 23.9 Å². The molecule has 0 saturated heterocycles. The summed E-state index contributed by atoms with van der Waals surface area (Å²) in [5.41, 5.74) is 6.26. The maximum absolute atomic E-state index is 12.7. The van der Waals surface area contributed by atoms with E-state index >= 15 is 0 Å². The Hall–Kier alpha value is -7.22. The summed E-state index contributed by atoms with van der Waals surface area (Å²) in [6, 6.07) is 39.9. The van der Waals surface area contributed by atoms with Crippen LogP contribution in [0.1, 0.15) is 273 Å². The van der Waals surface area contributed by atoms with E-state index < -0.39 is 11.9 Å². The monoisotopic (exact) mass is 1540 g/mol. The molecule has 2 N–H and O–H groups in total. The summed E-state index contributed by atoms with van der Waals surface area (Å²) in [5, 5.41) is 21.0. The molecule has 4 aliphatic carbocycles. The third-order valence-electron chi connectivity index (χ3n) is 18.7. The molecule has 4 fully saturated rings. The van der Waals surface area contributed by atoms with Crippen molar-refractivity contribution < 1.29 is 109 Å². The van der Waals surface area contributed by atoms with Crippen molar-refractivity contribution in [3.63, 3.8) is 0 Å². The van der Waals surface area contributed by atoms with Crippen LogP contribution >= 0.6 is 0 Å². The number of phenols is 2. The fraction of sp³-hybridized carbons (Fsp3) is 0.465. The number of carbonyl (C=O) groups excluding carboxylic acids is 4. The van der Waals surface area contributed by atoms with Crippen molar-refractivity contribution in [3.8, 4) is 34.5 Å². The molecule has 4 aliphatic rings. The normalized spacial score (nSPS) is 13.8. The molecule has 6 aromatic rings. The molecule has 0 heterocycles. The first kappa shape index (κ1) is 88.2. The molecule has 0 aliphatic heterocycles. The van der Waals surface area contributed by atoms with Crippen LogP contribution in [-0.2, 0) is 70.3 Å². The van der Waals surface area contributed by atoms with Gasteiger partial charge in [-0.2, -0.15) is 0 Å². The molecule has 563 valence electrons. The number of phenolic OH excluding ortho intramolecular Hbond substituents is 2. The van der Waals surface area contributed by atoms with Gasteiger partial charge in [0.1, 0.15) is 34.5 Å². The summed E-state index contributed by atoms with van der Waals surface area (Å²) in [7, 11) is 0. The Labute approximate surface area is 645 Å². The van der Waals surface area contributed by atoms with Crippen molar-refractivity contribution in [2.45, 2.75) is 230 Å². The van der Waals surface area contributed by atoms with E-state index in [9.17, 15) is 29.4 Å². The Morgan fingerprint density at radius 1 is 0.369 bits per heavy atom. The maximum atomic E-state index is 12.7. The third-order valence-corrected chi connectivity index (χ3v) is 18.7. The maximum Gasteiger partial charge on any atom is 0.343 e. The molecule has 17 heteroatoms. The largest absolute Gasteiger partial charge is 0.507 e. The number of aliphatic imine (C=N–C) groups is 2. The van der Waals surface area contributed by atoms with Crippen LogP contribution in [0.3, 0.4) is 0 Å². The van der Waals surface area contributed by atoms with Crippen LogP contribution in [0.5, 0.6) is 34.5 Å². The Morgan fingerprint density at radius 2 is 0.650 bits per heavy atom. The predicted octanol–water partition coefficient (Wildman–Crippen LogP) is 22.4. The quantitative estimate of drug-likeness (QED) is 0.00947. The Balaban J connectivity index is 0.000000373. The zero-order chi connectivity index (χ0) is 70.5. The smallest absolute Gasteiger partial charge is 0.343 e. The summed E-state index contributed by atoms with van der Waals surface area (Å²) in [6.45, 7) is 8.95. The second-order valence-electron chi connectivity index (χ2n) is 26.6. The molecular formula is C86H110CuFe2N2O12. The molecule has 103 heavy (non-hydrogen) atoms. The number of carbonyl (C=O) groups is 4. The van der Waals surface area contributed by atoms with Gasteiger partial charge in [-0.05, 0) is 171 Å².